The molecule has 0 bridgehead atoms. The van der Waals surface area contributed by atoms with Crippen molar-refractivity contribution in [3.8, 4) is 11.5 Å². The van der Waals surface area contributed by atoms with Crippen molar-refractivity contribution in [2.75, 3.05) is 0 Å². The Morgan fingerprint density at radius 1 is 1.40 bits per heavy atom. The SMILES string of the molecule is C=CC[C@@](C)(N)Cc1ccc(O)c(O)c1. The van der Waals surface area contributed by atoms with Gasteiger partial charge in [0.2, 0.25) is 0 Å². The van der Waals surface area contributed by atoms with Gasteiger partial charge < -0.3 is 15.9 Å². The minimum absolute atomic E-state index is 0.109. The Morgan fingerprint density at radius 2 is 2.07 bits per heavy atom. The van der Waals surface area contributed by atoms with E-state index in [4.69, 9.17) is 10.8 Å². The normalized spacial score (nSPS) is 14.5. The van der Waals surface area contributed by atoms with Gasteiger partial charge in [0.05, 0.1) is 0 Å². The van der Waals surface area contributed by atoms with E-state index in [9.17, 15) is 5.11 Å². The summed E-state index contributed by atoms with van der Waals surface area (Å²) in [5, 5.41) is 18.5. The van der Waals surface area contributed by atoms with Gasteiger partial charge in [-0.2, -0.15) is 0 Å². The van der Waals surface area contributed by atoms with Crippen LogP contribution >= 0.6 is 0 Å². The first-order chi connectivity index (χ1) is 6.94. The van der Waals surface area contributed by atoms with E-state index in [0.29, 0.717) is 12.8 Å². The average molecular weight is 207 g/mol. The molecule has 0 heterocycles. The minimum Gasteiger partial charge on any atom is -0.504 e. The molecule has 0 radical (unpaired) electrons. The third-order valence-electron chi connectivity index (χ3n) is 2.26. The molecule has 0 unspecified atom stereocenters. The summed E-state index contributed by atoms with van der Waals surface area (Å²) in [5.74, 6) is -0.219. The highest BCUT2D eigenvalue weighted by atomic mass is 16.3. The quantitative estimate of drug-likeness (QED) is 0.522. The van der Waals surface area contributed by atoms with E-state index in [-0.39, 0.29) is 17.0 Å². The van der Waals surface area contributed by atoms with Gasteiger partial charge in [0.15, 0.2) is 11.5 Å². The first-order valence-electron chi connectivity index (χ1n) is 4.85. The van der Waals surface area contributed by atoms with Gasteiger partial charge in [0.1, 0.15) is 0 Å². The Hall–Kier alpha value is -1.48. The van der Waals surface area contributed by atoms with Crippen LogP contribution in [0.2, 0.25) is 0 Å². The summed E-state index contributed by atoms with van der Waals surface area (Å²) in [6, 6.07) is 4.75. The highest BCUT2D eigenvalue weighted by molar-refractivity contribution is 5.41. The smallest absolute Gasteiger partial charge is 0.157 e. The molecule has 1 atom stereocenters. The molecular weight excluding hydrogens is 190 g/mol. The summed E-state index contributed by atoms with van der Waals surface area (Å²) >= 11 is 0. The monoisotopic (exact) mass is 207 g/mol. The molecule has 0 aliphatic heterocycles. The predicted octanol–water partition coefficient (Wildman–Crippen LogP) is 1.93. The van der Waals surface area contributed by atoms with Crippen molar-refractivity contribution in [2.24, 2.45) is 5.73 Å². The van der Waals surface area contributed by atoms with Gasteiger partial charge in [-0.25, -0.2) is 0 Å². The Kier molecular flexibility index (Phi) is 3.37. The Labute approximate surface area is 89.9 Å². The molecule has 3 nitrogen and oxygen atoms in total. The molecule has 0 aliphatic carbocycles. The van der Waals surface area contributed by atoms with Gasteiger partial charge >= 0.3 is 0 Å². The van der Waals surface area contributed by atoms with Crippen LogP contribution in [0, 0.1) is 0 Å². The van der Waals surface area contributed by atoms with Gasteiger partial charge in [-0.3, -0.25) is 0 Å². The molecule has 0 amide bonds. The third-order valence-corrected chi connectivity index (χ3v) is 2.26. The van der Waals surface area contributed by atoms with E-state index in [1.807, 2.05) is 6.92 Å². The number of benzene rings is 1. The lowest BCUT2D eigenvalue weighted by Crippen LogP contribution is -2.37. The molecule has 0 saturated heterocycles. The average Bonchev–Trinajstić information content (AvgIpc) is 2.10. The fourth-order valence-corrected chi connectivity index (χ4v) is 1.55. The third kappa shape index (κ3) is 3.29. The maximum Gasteiger partial charge on any atom is 0.157 e. The van der Waals surface area contributed by atoms with Gasteiger partial charge in [-0.05, 0) is 37.5 Å². The van der Waals surface area contributed by atoms with Crippen LogP contribution in [0.4, 0.5) is 0 Å². The lowest BCUT2D eigenvalue weighted by atomic mass is 9.90. The first kappa shape index (κ1) is 11.6. The zero-order valence-electron chi connectivity index (χ0n) is 8.90. The van der Waals surface area contributed by atoms with Crippen molar-refractivity contribution in [1.29, 1.82) is 0 Å². The molecule has 3 heteroatoms. The summed E-state index contributed by atoms with van der Waals surface area (Å²) in [7, 11) is 0. The summed E-state index contributed by atoms with van der Waals surface area (Å²) in [6.45, 7) is 5.58. The zero-order valence-corrected chi connectivity index (χ0v) is 8.90. The van der Waals surface area contributed by atoms with Crippen molar-refractivity contribution in [2.45, 2.75) is 25.3 Å². The van der Waals surface area contributed by atoms with Crippen LogP contribution in [-0.2, 0) is 6.42 Å². The molecular formula is C12H17NO2. The van der Waals surface area contributed by atoms with Crippen LogP contribution in [-0.4, -0.2) is 15.8 Å². The van der Waals surface area contributed by atoms with Crippen LogP contribution in [0.5, 0.6) is 11.5 Å². The van der Waals surface area contributed by atoms with Gasteiger partial charge in [0, 0.05) is 5.54 Å². The lowest BCUT2D eigenvalue weighted by molar-refractivity contribution is 0.401. The van der Waals surface area contributed by atoms with Gasteiger partial charge in [-0.15, -0.1) is 6.58 Å². The second kappa shape index (κ2) is 4.36. The standard InChI is InChI=1S/C12H17NO2/c1-3-6-12(2,13)8-9-4-5-10(14)11(15)7-9/h3-5,7,14-15H,1,6,8,13H2,2H3/t12-/m1/s1. The van der Waals surface area contributed by atoms with Crippen LogP contribution in [0.3, 0.4) is 0 Å². The van der Waals surface area contributed by atoms with Crippen molar-refractivity contribution in [3.05, 3.63) is 36.4 Å². The molecule has 0 aliphatic rings. The fraction of sp³-hybridized carbons (Fsp3) is 0.333. The lowest BCUT2D eigenvalue weighted by Gasteiger charge is -2.23. The number of hydrogen-bond donors (Lipinski definition) is 3. The Morgan fingerprint density at radius 3 is 2.60 bits per heavy atom. The van der Waals surface area contributed by atoms with Crippen molar-refractivity contribution < 1.29 is 10.2 Å². The van der Waals surface area contributed by atoms with E-state index in [1.165, 1.54) is 12.1 Å². The number of hydrogen-bond acceptors (Lipinski definition) is 3. The molecule has 82 valence electrons. The second-order valence-corrected chi connectivity index (χ2v) is 4.15. The molecule has 0 saturated carbocycles. The molecule has 0 aromatic heterocycles. The predicted molar refractivity (Wildman–Crippen MR) is 60.9 cm³/mol. The van der Waals surface area contributed by atoms with E-state index >= 15 is 0 Å². The number of nitrogens with two attached hydrogens (primary N) is 1. The van der Waals surface area contributed by atoms with E-state index < -0.39 is 0 Å². The number of phenolic OH excluding ortho intramolecular Hbond substituents is 2. The Balaban J connectivity index is 2.80. The highest BCUT2D eigenvalue weighted by Crippen LogP contribution is 2.26. The molecule has 1 aromatic carbocycles. The fourth-order valence-electron chi connectivity index (χ4n) is 1.55. The second-order valence-electron chi connectivity index (χ2n) is 4.15. The summed E-state index contributed by atoms with van der Waals surface area (Å²) in [4.78, 5) is 0. The Bertz CT molecular complexity index is 359. The van der Waals surface area contributed by atoms with Crippen molar-refractivity contribution >= 4 is 0 Å². The summed E-state index contributed by atoms with van der Waals surface area (Å²) in [5.41, 5.74) is 6.56. The maximum absolute atomic E-state index is 9.32. The van der Waals surface area contributed by atoms with E-state index in [1.54, 1.807) is 12.1 Å². The summed E-state index contributed by atoms with van der Waals surface area (Å²) < 4.78 is 0. The highest BCUT2D eigenvalue weighted by Gasteiger charge is 2.17. The van der Waals surface area contributed by atoms with Crippen LogP contribution < -0.4 is 5.73 Å². The number of phenols is 2. The molecule has 0 spiro atoms. The topological polar surface area (TPSA) is 66.5 Å². The molecule has 15 heavy (non-hydrogen) atoms. The van der Waals surface area contributed by atoms with E-state index in [2.05, 4.69) is 6.58 Å². The summed E-state index contributed by atoms with van der Waals surface area (Å²) in [6.07, 6.45) is 3.11. The maximum atomic E-state index is 9.32. The van der Waals surface area contributed by atoms with Crippen molar-refractivity contribution in [1.82, 2.24) is 0 Å². The minimum atomic E-state index is -0.370. The van der Waals surface area contributed by atoms with Crippen LogP contribution in [0.25, 0.3) is 0 Å². The molecule has 0 fully saturated rings. The van der Waals surface area contributed by atoms with Crippen molar-refractivity contribution in [3.63, 3.8) is 0 Å². The van der Waals surface area contributed by atoms with Gasteiger partial charge in [0.25, 0.3) is 0 Å². The van der Waals surface area contributed by atoms with E-state index in [0.717, 1.165) is 5.56 Å². The van der Waals surface area contributed by atoms with Crippen LogP contribution in [0.15, 0.2) is 30.9 Å². The van der Waals surface area contributed by atoms with Crippen LogP contribution in [0.1, 0.15) is 18.9 Å². The molecule has 1 aromatic rings. The number of rotatable bonds is 4. The van der Waals surface area contributed by atoms with Gasteiger partial charge in [-0.1, -0.05) is 12.1 Å². The zero-order chi connectivity index (χ0) is 11.5. The number of aromatic hydroxyl groups is 2. The molecule has 1 rings (SSSR count). The molecule has 4 N–H and O–H groups in total. The largest absolute Gasteiger partial charge is 0.504 e. The first-order valence-corrected chi connectivity index (χ1v) is 4.85.